The first-order valence-electron chi connectivity index (χ1n) is 35.9. The summed E-state index contributed by atoms with van der Waals surface area (Å²) in [7, 11) is 0. The molecule has 0 aromatic heterocycles. The number of ether oxygens (including phenoxy) is 3. The second-order valence-corrected chi connectivity index (χ2v) is 24.1. The highest BCUT2D eigenvalue weighted by Gasteiger charge is 2.19. The SMILES string of the molecule is CC/C=C\C/C=C\C/C=C\C/C=C\C/C=C\C/C=C\CCCCCCCCCCC(=O)OCC(COC(=O)CCCCCCCCCCCCCCCCCCCC)OC(=O)CCCCCCCCCCCCCCCCCCCCC. The molecule has 0 bridgehead atoms. The molecule has 0 saturated carbocycles. The Hall–Kier alpha value is -3.15. The summed E-state index contributed by atoms with van der Waals surface area (Å²) in [5.74, 6) is -0.854. The van der Waals surface area contributed by atoms with Gasteiger partial charge in [0.1, 0.15) is 13.2 Å². The fourth-order valence-electron chi connectivity index (χ4n) is 10.6. The number of carbonyl (C=O) groups is 3. The van der Waals surface area contributed by atoms with Gasteiger partial charge >= 0.3 is 17.9 Å². The van der Waals surface area contributed by atoms with Crippen LogP contribution in [0.25, 0.3) is 0 Å². The molecule has 6 heteroatoms. The van der Waals surface area contributed by atoms with Crippen LogP contribution in [0, 0.1) is 0 Å². The summed E-state index contributed by atoms with van der Waals surface area (Å²) >= 11 is 0. The van der Waals surface area contributed by atoms with Crippen LogP contribution in [0.2, 0.25) is 0 Å². The van der Waals surface area contributed by atoms with Gasteiger partial charge in [-0.3, -0.25) is 14.4 Å². The molecule has 0 radical (unpaired) electrons. The van der Waals surface area contributed by atoms with E-state index >= 15 is 0 Å². The Labute approximate surface area is 510 Å². The molecule has 0 aliphatic rings. The molecule has 0 spiro atoms. The van der Waals surface area contributed by atoms with Crippen LogP contribution in [0.1, 0.15) is 374 Å². The van der Waals surface area contributed by atoms with Crippen molar-refractivity contribution in [2.24, 2.45) is 0 Å². The molecule has 0 rings (SSSR count). The zero-order valence-corrected chi connectivity index (χ0v) is 54.8. The lowest BCUT2D eigenvalue weighted by molar-refractivity contribution is -0.167. The van der Waals surface area contributed by atoms with Crippen LogP contribution in [0.5, 0.6) is 0 Å². The van der Waals surface area contributed by atoms with Crippen molar-refractivity contribution in [2.75, 3.05) is 13.2 Å². The first kappa shape index (κ1) is 78.8. The number of hydrogen-bond donors (Lipinski definition) is 0. The third-order valence-electron chi connectivity index (χ3n) is 16.0. The molecule has 0 aliphatic carbocycles. The molecule has 0 aromatic carbocycles. The van der Waals surface area contributed by atoms with E-state index in [1.807, 2.05) is 0 Å². The highest BCUT2D eigenvalue weighted by Crippen LogP contribution is 2.18. The molecule has 0 aliphatic heterocycles. The smallest absolute Gasteiger partial charge is 0.306 e. The average molecular weight is 1150 g/mol. The number of rotatable bonds is 66. The van der Waals surface area contributed by atoms with E-state index in [0.717, 1.165) is 103 Å². The van der Waals surface area contributed by atoms with Crippen molar-refractivity contribution in [1.82, 2.24) is 0 Å². The van der Waals surface area contributed by atoms with E-state index in [0.29, 0.717) is 19.3 Å². The fraction of sp³-hybridized carbons (Fsp3) is 0.803. The molecule has 0 heterocycles. The second kappa shape index (κ2) is 70.3. The van der Waals surface area contributed by atoms with Crippen molar-refractivity contribution in [3.8, 4) is 0 Å². The second-order valence-electron chi connectivity index (χ2n) is 24.1. The average Bonchev–Trinajstić information content (AvgIpc) is 3.47. The van der Waals surface area contributed by atoms with Crippen molar-refractivity contribution in [1.29, 1.82) is 0 Å². The van der Waals surface area contributed by atoms with Gasteiger partial charge in [0.05, 0.1) is 0 Å². The molecular formula is C76H136O6. The van der Waals surface area contributed by atoms with Gasteiger partial charge in [-0.15, -0.1) is 0 Å². The molecule has 82 heavy (non-hydrogen) atoms. The van der Waals surface area contributed by atoms with Gasteiger partial charge in [-0.1, -0.05) is 357 Å². The highest BCUT2D eigenvalue weighted by atomic mass is 16.6. The molecule has 1 atom stereocenters. The lowest BCUT2D eigenvalue weighted by Gasteiger charge is -2.18. The number of allylic oxidation sites excluding steroid dienone is 12. The van der Waals surface area contributed by atoms with Crippen LogP contribution < -0.4 is 0 Å². The van der Waals surface area contributed by atoms with E-state index in [2.05, 4.69) is 93.7 Å². The summed E-state index contributed by atoms with van der Waals surface area (Å²) in [6.45, 7) is 6.59. The van der Waals surface area contributed by atoms with E-state index in [4.69, 9.17) is 14.2 Å². The predicted octanol–water partition coefficient (Wildman–Crippen LogP) is 24.8. The summed E-state index contributed by atoms with van der Waals surface area (Å²) in [5.41, 5.74) is 0. The molecule has 476 valence electrons. The monoisotopic (exact) mass is 1150 g/mol. The third kappa shape index (κ3) is 67.6. The fourth-order valence-corrected chi connectivity index (χ4v) is 10.6. The van der Waals surface area contributed by atoms with Crippen LogP contribution in [0.15, 0.2) is 72.9 Å². The van der Waals surface area contributed by atoms with Gasteiger partial charge in [-0.25, -0.2) is 0 Å². The zero-order chi connectivity index (χ0) is 59.2. The van der Waals surface area contributed by atoms with Gasteiger partial charge in [0.25, 0.3) is 0 Å². The van der Waals surface area contributed by atoms with Crippen molar-refractivity contribution in [3.63, 3.8) is 0 Å². The van der Waals surface area contributed by atoms with E-state index < -0.39 is 6.10 Å². The summed E-state index contributed by atoms with van der Waals surface area (Å²) < 4.78 is 17.0. The Morgan fingerprint density at radius 3 is 0.744 bits per heavy atom. The molecule has 0 saturated heterocycles. The van der Waals surface area contributed by atoms with Gasteiger partial charge in [0.15, 0.2) is 6.10 Å². The summed E-state index contributed by atoms with van der Waals surface area (Å²) in [5, 5.41) is 0. The van der Waals surface area contributed by atoms with Gasteiger partial charge in [-0.05, 0) is 70.6 Å². The third-order valence-corrected chi connectivity index (χ3v) is 16.0. The largest absolute Gasteiger partial charge is 0.462 e. The van der Waals surface area contributed by atoms with Gasteiger partial charge in [0.2, 0.25) is 0 Å². The summed E-state index contributed by atoms with van der Waals surface area (Å²) in [4.78, 5) is 38.5. The topological polar surface area (TPSA) is 78.9 Å². The van der Waals surface area contributed by atoms with Crippen molar-refractivity contribution in [3.05, 3.63) is 72.9 Å². The predicted molar refractivity (Wildman–Crippen MR) is 358 cm³/mol. The maximum Gasteiger partial charge on any atom is 0.306 e. The Kier molecular flexibility index (Phi) is 67.6. The van der Waals surface area contributed by atoms with Crippen LogP contribution in [-0.2, 0) is 28.6 Å². The normalized spacial score (nSPS) is 12.5. The van der Waals surface area contributed by atoms with Crippen LogP contribution in [-0.4, -0.2) is 37.2 Å². The number of hydrogen-bond acceptors (Lipinski definition) is 6. The molecule has 0 amide bonds. The Morgan fingerprint density at radius 2 is 0.476 bits per heavy atom. The van der Waals surface area contributed by atoms with E-state index in [1.54, 1.807) is 0 Å². The molecule has 1 unspecified atom stereocenters. The Morgan fingerprint density at radius 1 is 0.256 bits per heavy atom. The van der Waals surface area contributed by atoms with Crippen molar-refractivity contribution in [2.45, 2.75) is 380 Å². The highest BCUT2D eigenvalue weighted by molar-refractivity contribution is 5.71. The minimum absolute atomic E-state index is 0.0719. The van der Waals surface area contributed by atoms with Gasteiger partial charge in [0, 0.05) is 19.3 Å². The molecule has 6 nitrogen and oxygen atoms in total. The van der Waals surface area contributed by atoms with Crippen LogP contribution >= 0.6 is 0 Å². The standard InChI is InChI=1S/C76H136O6/c1-4-7-10-13-16-19-22-25-28-31-34-35-36-37-38-39-40-41-43-45-48-51-54-57-60-63-66-69-75(78)81-72-73(71-80-74(77)68-65-62-59-56-53-50-47-44-33-30-27-24-21-18-15-12-9-6-3)82-76(79)70-67-64-61-58-55-52-49-46-42-32-29-26-23-20-17-14-11-8-5-2/h7,10,16,19,25,28,34-35,37-38,40-41,73H,4-6,8-9,11-15,17-18,20-24,26-27,29-33,36,39,42-72H2,1-3H3/b10-7-,19-16-,28-25-,35-34-,38-37-,41-40-. The number of carbonyl (C=O) groups excluding carboxylic acids is 3. The maximum absolute atomic E-state index is 13.0. The number of esters is 3. The first-order valence-corrected chi connectivity index (χ1v) is 35.9. The van der Waals surface area contributed by atoms with Crippen LogP contribution in [0.3, 0.4) is 0 Å². The number of unbranched alkanes of at least 4 members (excludes halogenated alkanes) is 43. The molecular weight excluding hydrogens is 1010 g/mol. The Bertz CT molecular complexity index is 1500. The van der Waals surface area contributed by atoms with Crippen molar-refractivity contribution >= 4 is 17.9 Å². The lowest BCUT2D eigenvalue weighted by Crippen LogP contribution is -2.30. The minimum atomic E-state index is -0.777. The molecule has 0 N–H and O–H groups in total. The van der Waals surface area contributed by atoms with E-state index in [9.17, 15) is 14.4 Å². The minimum Gasteiger partial charge on any atom is -0.462 e. The quantitative estimate of drug-likeness (QED) is 0.0261. The molecule has 0 aromatic rings. The Balaban J connectivity index is 4.33. The van der Waals surface area contributed by atoms with E-state index in [1.165, 1.54) is 231 Å². The van der Waals surface area contributed by atoms with Crippen molar-refractivity contribution < 1.29 is 28.6 Å². The maximum atomic E-state index is 13.0. The van der Waals surface area contributed by atoms with Crippen LogP contribution in [0.4, 0.5) is 0 Å². The van der Waals surface area contributed by atoms with Gasteiger partial charge in [-0.2, -0.15) is 0 Å². The lowest BCUT2D eigenvalue weighted by atomic mass is 10.0. The van der Waals surface area contributed by atoms with Gasteiger partial charge < -0.3 is 14.2 Å². The first-order chi connectivity index (χ1) is 40.5. The molecule has 0 fully saturated rings. The summed E-state index contributed by atoms with van der Waals surface area (Å²) in [6, 6.07) is 0. The zero-order valence-electron chi connectivity index (χ0n) is 54.8. The van der Waals surface area contributed by atoms with E-state index in [-0.39, 0.29) is 31.1 Å². The summed E-state index contributed by atoms with van der Waals surface area (Å²) in [6.07, 6.45) is 92.1.